The van der Waals surface area contributed by atoms with Gasteiger partial charge in [-0.2, -0.15) is 0 Å². The molecule has 0 aliphatic carbocycles. The van der Waals surface area contributed by atoms with Crippen molar-refractivity contribution >= 4 is 33.2 Å². The second kappa shape index (κ2) is 10.5. The Morgan fingerprint density at radius 1 is 1.17 bits per heavy atom. The van der Waals surface area contributed by atoms with Gasteiger partial charge < -0.3 is 10.1 Å². The fourth-order valence-corrected chi connectivity index (χ4v) is 4.41. The van der Waals surface area contributed by atoms with Crippen molar-refractivity contribution < 1.29 is 17.9 Å². The largest absolute Gasteiger partial charge is 0.494 e. The Morgan fingerprint density at radius 3 is 2.41 bits per heavy atom. The molecule has 2 aromatic carbocycles. The van der Waals surface area contributed by atoms with E-state index in [1.807, 2.05) is 31.2 Å². The fraction of sp³-hybridized carbons (Fsp3) is 0.381. The summed E-state index contributed by atoms with van der Waals surface area (Å²) in [7, 11) is -3.65. The molecule has 0 unspecified atom stereocenters. The lowest BCUT2D eigenvalue weighted by Gasteiger charge is -2.28. The minimum atomic E-state index is -3.65. The first-order valence-corrected chi connectivity index (χ1v) is 11.7. The minimum Gasteiger partial charge on any atom is -0.494 e. The second-order valence-electron chi connectivity index (χ2n) is 6.65. The number of amides is 1. The standard InChI is InChI=1S/C21H27ClN2O4S/c1-4-28-19-13-11-18(12-14-19)24(29(3,26)27)16(2)21(25)23-15-7-9-17-8-5-6-10-20(17)22/h5-6,8,10-14,16H,4,7,9,15H2,1-3H3,(H,23,25)/t16-/m0/s1. The van der Waals surface area contributed by atoms with E-state index in [1.165, 1.54) is 0 Å². The molecule has 6 nitrogen and oxygen atoms in total. The predicted molar refractivity (Wildman–Crippen MR) is 117 cm³/mol. The number of nitrogens with one attached hydrogen (secondary N) is 1. The van der Waals surface area contributed by atoms with E-state index in [0.717, 1.165) is 22.5 Å². The summed E-state index contributed by atoms with van der Waals surface area (Å²) >= 11 is 6.14. The van der Waals surface area contributed by atoms with Gasteiger partial charge in [-0.15, -0.1) is 0 Å². The van der Waals surface area contributed by atoms with Crippen LogP contribution in [-0.4, -0.2) is 39.8 Å². The van der Waals surface area contributed by atoms with E-state index in [9.17, 15) is 13.2 Å². The Balaban J connectivity index is 2.00. The number of ether oxygens (including phenoxy) is 1. The van der Waals surface area contributed by atoms with Crippen LogP contribution >= 0.6 is 11.6 Å². The van der Waals surface area contributed by atoms with Crippen LogP contribution in [0.2, 0.25) is 5.02 Å². The highest BCUT2D eigenvalue weighted by Gasteiger charge is 2.28. The number of nitrogens with zero attached hydrogens (tertiary/aromatic N) is 1. The van der Waals surface area contributed by atoms with Crippen molar-refractivity contribution in [2.75, 3.05) is 23.7 Å². The third kappa shape index (κ3) is 6.65. The van der Waals surface area contributed by atoms with Crippen molar-refractivity contribution in [1.29, 1.82) is 0 Å². The van der Waals surface area contributed by atoms with E-state index in [1.54, 1.807) is 31.2 Å². The number of anilines is 1. The fourth-order valence-electron chi connectivity index (χ4n) is 3.00. The van der Waals surface area contributed by atoms with Gasteiger partial charge >= 0.3 is 0 Å². The number of carbonyl (C=O) groups is 1. The monoisotopic (exact) mass is 438 g/mol. The number of carbonyl (C=O) groups excluding carboxylic acids is 1. The van der Waals surface area contributed by atoms with Crippen molar-refractivity contribution in [2.45, 2.75) is 32.7 Å². The molecule has 158 valence electrons. The highest BCUT2D eigenvalue weighted by Crippen LogP contribution is 2.24. The van der Waals surface area contributed by atoms with Crippen molar-refractivity contribution in [3.63, 3.8) is 0 Å². The van der Waals surface area contributed by atoms with Crippen LogP contribution in [-0.2, 0) is 21.2 Å². The first-order chi connectivity index (χ1) is 13.7. The Hall–Kier alpha value is -2.25. The molecule has 0 spiro atoms. The van der Waals surface area contributed by atoms with Crippen molar-refractivity contribution in [1.82, 2.24) is 5.32 Å². The lowest BCUT2D eigenvalue weighted by molar-refractivity contribution is -0.121. The topological polar surface area (TPSA) is 75.7 Å². The molecule has 1 N–H and O–H groups in total. The zero-order chi connectivity index (χ0) is 21.4. The molecule has 0 aliphatic heterocycles. The van der Waals surface area contributed by atoms with Crippen molar-refractivity contribution in [2.24, 2.45) is 0 Å². The smallest absolute Gasteiger partial charge is 0.243 e. The number of sulfonamides is 1. The Kier molecular flexibility index (Phi) is 8.34. The number of aryl methyl sites for hydroxylation is 1. The first-order valence-electron chi connectivity index (χ1n) is 9.47. The molecule has 0 radical (unpaired) electrons. The average Bonchev–Trinajstić information content (AvgIpc) is 2.67. The Labute approximate surface area is 177 Å². The SMILES string of the molecule is CCOc1ccc(N([C@@H](C)C(=O)NCCCc2ccccc2Cl)S(C)(=O)=O)cc1. The summed E-state index contributed by atoms with van der Waals surface area (Å²) in [6.45, 7) is 4.38. The van der Waals surface area contributed by atoms with Crippen LogP contribution in [0.4, 0.5) is 5.69 Å². The van der Waals surface area contributed by atoms with Gasteiger partial charge in [0.1, 0.15) is 11.8 Å². The molecule has 1 atom stereocenters. The summed E-state index contributed by atoms with van der Waals surface area (Å²) in [5, 5.41) is 3.51. The van der Waals surface area contributed by atoms with E-state index in [2.05, 4.69) is 5.32 Å². The van der Waals surface area contributed by atoms with Gasteiger partial charge in [0.2, 0.25) is 15.9 Å². The Morgan fingerprint density at radius 2 is 1.83 bits per heavy atom. The van der Waals surface area contributed by atoms with E-state index in [4.69, 9.17) is 16.3 Å². The lowest BCUT2D eigenvalue weighted by atomic mass is 10.1. The number of rotatable bonds is 10. The summed E-state index contributed by atoms with van der Waals surface area (Å²) < 4.78 is 31.2. The third-order valence-electron chi connectivity index (χ3n) is 4.37. The zero-order valence-electron chi connectivity index (χ0n) is 16.9. The van der Waals surface area contributed by atoms with Gasteiger partial charge in [-0.3, -0.25) is 9.10 Å². The third-order valence-corrected chi connectivity index (χ3v) is 5.98. The molecule has 0 saturated carbocycles. The molecule has 1 amide bonds. The molecule has 0 aliphatic rings. The van der Waals surface area contributed by atoms with Crippen LogP contribution in [0, 0.1) is 0 Å². The van der Waals surface area contributed by atoms with Gasteiger partial charge in [0, 0.05) is 11.6 Å². The van der Waals surface area contributed by atoms with E-state index >= 15 is 0 Å². The summed E-state index contributed by atoms with van der Waals surface area (Å²) in [5.74, 6) is 0.282. The van der Waals surface area contributed by atoms with Gasteiger partial charge in [0.05, 0.1) is 18.6 Å². The summed E-state index contributed by atoms with van der Waals surface area (Å²) in [6.07, 6.45) is 2.51. The molecular weight excluding hydrogens is 412 g/mol. The first kappa shape index (κ1) is 23.0. The summed E-state index contributed by atoms with van der Waals surface area (Å²) in [6, 6.07) is 13.3. The highest BCUT2D eigenvalue weighted by atomic mass is 35.5. The lowest BCUT2D eigenvalue weighted by Crippen LogP contribution is -2.48. The normalized spacial score (nSPS) is 12.3. The second-order valence-corrected chi connectivity index (χ2v) is 8.91. The quantitative estimate of drug-likeness (QED) is 0.574. The van der Waals surface area contributed by atoms with Crippen molar-refractivity contribution in [3.05, 3.63) is 59.1 Å². The van der Waals surface area contributed by atoms with Gasteiger partial charge in [0.25, 0.3) is 0 Å². The molecule has 8 heteroatoms. The van der Waals surface area contributed by atoms with E-state index < -0.39 is 16.1 Å². The van der Waals surface area contributed by atoms with E-state index in [0.29, 0.717) is 36.0 Å². The van der Waals surface area contributed by atoms with Crippen LogP contribution in [0.3, 0.4) is 0 Å². The maximum absolute atomic E-state index is 12.6. The Bertz CT molecular complexity index is 917. The number of benzene rings is 2. The van der Waals surface area contributed by atoms with Crippen LogP contribution in [0.15, 0.2) is 48.5 Å². The highest BCUT2D eigenvalue weighted by molar-refractivity contribution is 7.92. The van der Waals surface area contributed by atoms with Gasteiger partial charge in [-0.25, -0.2) is 8.42 Å². The maximum atomic E-state index is 12.6. The number of hydrogen-bond acceptors (Lipinski definition) is 4. The van der Waals surface area contributed by atoms with E-state index in [-0.39, 0.29) is 5.91 Å². The van der Waals surface area contributed by atoms with Crippen LogP contribution in [0.25, 0.3) is 0 Å². The molecule has 0 aromatic heterocycles. The molecule has 0 bridgehead atoms. The summed E-state index contributed by atoms with van der Waals surface area (Å²) in [4.78, 5) is 12.6. The molecule has 0 fully saturated rings. The number of halogens is 1. The van der Waals surface area contributed by atoms with Gasteiger partial charge in [-0.1, -0.05) is 29.8 Å². The van der Waals surface area contributed by atoms with Gasteiger partial charge in [-0.05, 0) is 62.6 Å². The molecule has 0 saturated heterocycles. The van der Waals surface area contributed by atoms with Gasteiger partial charge in [0.15, 0.2) is 0 Å². The average molecular weight is 439 g/mol. The molecule has 2 rings (SSSR count). The van der Waals surface area contributed by atoms with Crippen LogP contribution in [0.5, 0.6) is 5.75 Å². The molecule has 29 heavy (non-hydrogen) atoms. The maximum Gasteiger partial charge on any atom is 0.243 e. The predicted octanol–water partition coefficient (Wildman–Crippen LogP) is 3.64. The minimum absolute atomic E-state index is 0.358. The number of hydrogen-bond donors (Lipinski definition) is 1. The van der Waals surface area contributed by atoms with Crippen LogP contribution < -0.4 is 14.4 Å². The van der Waals surface area contributed by atoms with Crippen molar-refractivity contribution in [3.8, 4) is 5.75 Å². The molecular formula is C21H27ClN2O4S. The molecule has 2 aromatic rings. The van der Waals surface area contributed by atoms with Crippen LogP contribution in [0.1, 0.15) is 25.8 Å². The summed E-state index contributed by atoms with van der Waals surface area (Å²) in [5.41, 5.74) is 1.43. The zero-order valence-corrected chi connectivity index (χ0v) is 18.5. The molecule has 0 heterocycles.